The molecular weight excluding hydrogens is 226 g/mol. The van der Waals surface area contributed by atoms with Gasteiger partial charge in [-0.05, 0) is 17.2 Å². The molecule has 3 heteroatoms. The Bertz CT molecular complexity index is 686. The molecule has 0 fully saturated rings. The lowest BCUT2D eigenvalue weighted by atomic mass is 9.95. The molecule has 0 saturated heterocycles. The summed E-state index contributed by atoms with van der Waals surface area (Å²) in [5.41, 5.74) is 5.98. The van der Waals surface area contributed by atoms with Crippen LogP contribution in [0.4, 0.5) is 0 Å². The molecule has 86 valence electrons. The minimum absolute atomic E-state index is 0.368. The van der Waals surface area contributed by atoms with E-state index in [2.05, 4.69) is 11.0 Å². The van der Waals surface area contributed by atoms with E-state index < -0.39 is 0 Å². The lowest BCUT2D eigenvalue weighted by Gasteiger charge is -2.07. The van der Waals surface area contributed by atoms with Crippen LogP contribution in [0.2, 0.25) is 0 Å². The summed E-state index contributed by atoms with van der Waals surface area (Å²) in [5.74, 6) is -0.744. The zero-order valence-corrected chi connectivity index (χ0v) is 9.44. The Balaban J connectivity index is 2.21. The molecule has 1 aliphatic heterocycles. The number of imide groups is 1. The third-order valence-electron chi connectivity index (χ3n) is 2.86. The zero-order valence-electron chi connectivity index (χ0n) is 9.44. The highest BCUT2D eigenvalue weighted by Crippen LogP contribution is 2.29. The fourth-order valence-electron chi connectivity index (χ4n) is 2.05. The first kappa shape index (κ1) is 10.5. The number of allylic oxidation sites excluding steroid dienone is 1. The van der Waals surface area contributed by atoms with Gasteiger partial charge in [-0.15, -0.1) is 5.73 Å². The topological polar surface area (TPSA) is 46.2 Å². The van der Waals surface area contributed by atoms with Crippen molar-refractivity contribution >= 4 is 23.5 Å². The first-order valence-corrected chi connectivity index (χ1v) is 5.56. The molecule has 3 nitrogen and oxygen atoms in total. The Kier molecular flexibility index (Phi) is 2.33. The molecule has 1 aromatic carbocycles. The number of hydrogen-bond donors (Lipinski definition) is 1. The molecule has 0 saturated carbocycles. The molecule has 0 radical (unpaired) electrons. The van der Waals surface area contributed by atoms with Crippen molar-refractivity contribution in [1.82, 2.24) is 5.32 Å². The molecule has 0 aromatic heterocycles. The van der Waals surface area contributed by atoms with Gasteiger partial charge in [-0.1, -0.05) is 36.4 Å². The van der Waals surface area contributed by atoms with E-state index >= 15 is 0 Å². The van der Waals surface area contributed by atoms with Crippen molar-refractivity contribution in [3.05, 3.63) is 64.9 Å². The van der Waals surface area contributed by atoms with Gasteiger partial charge in [0, 0.05) is 11.6 Å². The van der Waals surface area contributed by atoms with Gasteiger partial charge in [0.2, 0.25) is 0 Å². The van der Waals surface area contributed by atoms with Crippen LogP contribution < -0.4 is 5.32 Å². The number of nitrogens with one attached hydrogen (secondary N) is 1. The van der Waals surface area contributed by atoms with E-state index in [0.29, 0.717) is 11.1 Å². The third-order valence-corrected chi connectivity index (χ3v) is 2.86. The molecular formula is C15H9NO2. The highest BCUT2D eigenvalue weighted by molar-refractivity contribution is 6.24. The highest BCUT2D eigenvalue weighted by atomic mass is 16.2. The predicted molar refractivity (Wildman–Crippen MR) is 68.2 cm³/mol. The van der Waals surface area contributed by atoms with Gasteiger partial charge in [0.05, 0.1) is 5.57 Å². The van der Waals surface area contributed by atoms with Gasteiger partial charge in [-0.2, -0.15) is 0 Å². The third kappa shape index (κ3) is 1.63. The molecule has 1 N–H and O–H groups in total. The average Bonchev–Trinajstić information content (AvgIpc) is 2.60. The Morgan fingerprint density at radius 2 is 1.94 bits per heavy atom. The number of fused-ring (bicyclic) bond motifs is 1. The van der Waals surface area contributed by atoms with Gasteiger partial charge < -0.3 is 0 Å². The van der Waals surface area contributed by atoms with Crippen LogP contribution in [0.1, 0.15) is 11.1 Å². The van der Waals surface area contributed by atoms with Crippen LogP contribution in [0.25, 0.3) is 11.6 Å². The smallest absolute Gasteiger partial charge is 0.259 e. The van der Waals surface area contributed by atoms with E-state index in [9.17, 15) is 9.59 Å². The Morgan fingerprint density at radius 1 is 1.11 bits per heavy atom. The van der Waals surface area contributed by atoms with E-state index in [1.54, 1.807) is 6.08 Å². The van der Waals surface area contributed by atoms with Crippen molar-refractivity contribution in [2.24, 2.45) is 0 Å². The summed E-state index contributed by atoms with van der Waals surface area (Å²) in [6.45, 7) is 0. The van der Waals surface area contributed by atoms with E-state index in [4.69, 9.17) is 0 Å². The van der Waals surface area contributed by atoms with E-state index in [0.717, 1.165) is 11.1 Å². The minimum Gasteiger partial charge on any atom is -0.289 e. The summed E-state index contributed by atoms with van der Waals surface area (Å²) >= 11 is 0. The predicted octanol–water partition coefficient (Wildman–Crippen LogP) is 1.83. The summed E-state index contributed by atoms with van der Waals surface area (Å²) in [7, 11) is 0. The Morgan fingerprint density at radius 3 is 2.72 bits per heavy atom. The van der Waals surface area contributed by atoms with Crippen molar-refractivity contribution in [2.75, 3.05) is 0 Å². The van der Waals surface area contributed by atoms with Crippen LogP contribution in [0.3, 0.4) is 0 Å². The van der Waals surface area contributed by atoms with Crippen LogP contribution >= 0.6 is 0 Å². The molecule has 0 bridgehead atoms. The highest BCUT2D eigenvalue weighted by Gasteiger charge is 2.25. The SMILES string of the molecule is O=C1C=C(C2=C=CC=Cc3ccccc32)C(=O)N1. The normalized spacial score (nSPS) is 16.9. The molecule has 18 heavy (non-hydrogen) atoms. The maximum Gasteiger partial charge on any atom is 0.259 e. The lowest BCUT2D eigenvalue weighted by molar-refractivity contribution is -0.123. The lowest BCUT2D eigenvalue weighted by Crippen LogP contribution is -2.22. The number of hydrogen-bond acceptors (Lipinski definition) is 2. The second-order valence-electron chi connectivity index (χ2n) is 4.01. The minimum atomic E-state index is -0.376. The fourth-order valence-corrected chi connectivity index (χ4v) is 2.05. The van der Waals surface area contributed by atoms with Gasteiger partial charge in [0.15, 0.2) is 0 Å². The van der Waals surface area contributed by atoms with Gasteiger partial charge in [0.25, 0.3) is 11.8 Å². The summed E-state index contributed by atoms with van der Waals surface area (Å²) in [4.78, 5) is 22.9. The van der Waals surface area contributed by atoms with Crippen molar-refractivity contribution in [1.29, 1.82) is 0 Å². The molecule has 2 aliphatic rings. The molecule has 1 aliphatic carbocycles. The number of benzene rings is 1. The largest absolute Gasteiger partial charge is 0.289 e. The quantitative estimate of drug-likeness (QED) is 0.596. The standard InChI is InChI=1S/C15H9NO2/c17-14-9-13(15(18)16-14)12-8-4-2-6-10-5-1-3-7-11(10)12/h1-7,9H,(H,16,17,18). The molecule has 0 spiro atoms. The fraction of sp³-hybridized carbons (Fsp3) is 0. The van der Waals surface area contributed by atoms with Crippen molar-refractivity contribution in [3.63, 3.8) is 0 Å². The maximum absolute atomic E-state index is 11.7. The van der Waals surface area contributed by atoms with Gasteiger partial charge >= 0.3 is 0 Å². The monoisotopic (exact) mass is 235 g/mol. The first-order chi connectivity index (χ1) is 8.75. The number of carbonyl (C=O) groups excluding carboxylic acids is 2. The van der Waals surface area contributed by atoms with E-state index in [1.165, 1.54) is 6.08 Å². The Labute approximate surface area is 104 Å². The zero-order chi connectivity index (χ0) is 12.5. The van der Waals surface area contributed by atoms with Gasteiger partial charge in [0.1, 0.15) is 0 Å². The van der Waals surface area contributed by atoms with Crippen molar-refractivity contribution < 1.29 is 9.59 Å². The summed E-state index contributed by atoms with van der Waals surface area (Å²) in [6, 6.07) is 7.70. The van der Waals surface area contributed by atoms with Crippen LogP contribution in [0, 0.1) is 0 Å². The van der Waals surface area contributed by atoms with Gasteiger partial charge in [-0.3, -0.25) is 14.9 Å². The second kappa shape index (κ2) is 3.99. The van der Waals surface area contributed by atoms with Gasteiger partial charge in [-0.25, -0.2) is 0 Å². The summed E-state index contributed by atoms with van der Waals surface area (Å²) in [6.07, 6.45) is 6.87. The summed E-state index contributed by atoms with van der Waals surface area (Å²) < 4.78 is 0. The molecule has 0 atom stereocenters. The first-order valence-electron chi connectivity index (χ1n) is 5.56. The number of rotatable bonds is 1. The molecule has 2 amide bonds. The van der Waals surface area contributed by atoms with Crippen LogP contribution in [-0.2, 0) is 9.59 Å². The average molecular weight is 235 g/mol. The molecule has 1 heterocycles. The number of amides is 2. The van der Waals surface area contributed by atoms with Crippen LogP contribution in [0.5, 0.6) is 0 Å². The maximum atomic E-state index is 11.7. The van der Waals surface area contributed by atoms with Crippen molar-refractivity contribution in [2.45, 2.75) is 0 Å². The summed E-state index contributed by atoms with van der Waals surface area (Å²) in [5, 5.41) is 2.25. The van der Waals surface area contributed by atoms with E-state index in [-0.39, 0.29) is 11.8 Å². The van der Waals surface area contributed by atoms with Crippen LogP contribution in [-0.4, -0.2) is 11.8 Å². The van der Waals surface area contributed by atoms with E-state index in [1.807, 2.05) is 36.4 Å². The molecule has 0 unspecified atom stereocenters. The molecule has 3 rings (SSSR count). The Hall–Kier alpha value is -2.64. The van der Waals surface area contributed by atoms with Crippen LogP contribution in [0.15, 0.2) is 53.8 Å². The molecule has 1 aromatic rings. The van der Waals surface area contributed by atoms with Crippen molar-refractivity contribution in [3.8, 4) is 0 Å². The second-order valence-corrected chi connectivity index (χ2v) is 4.01. The number of carbonyl (C=O) groups is 2.